The summed E-state index contributed by atoms with van der Waals surface area (Å²) < 4.78 is 6.17. The smallest absolute Gasteiger partial charge is 0.128 e. The number of hydrogen-bond donors (Lipinski definition) is 0. The summed E-state index contributed by atoms with van der Waals surface area (Å²) in [5.74, 6) is 0.762. The SMILES string of the molecule is CO[C@@H]([CH]C1CC1)Cc1ccc(Br)nn1. The lowest BCUT2D eigenvalue weighted by atomic mass is 10.1. The van der Waals surface area contributed by atoms with Crippen LogP contribution < -0.4 is 0 Å². The molecule has 0 bridgehead atoms. The highest BCUT2D eigenvalue weighted by molar-refractivity contribution is 9.10. The topological polar surface area (TPSA) is 35.0 Å². The summed E-state index contributed by atoms with van der Waals surface area (Å²) in [7, 11) is 1.75. The fraction of sp³-hybridized carbons (Fsp3) is 0.545. The van der Waals surface area contributed by atoms with E-state index < -0.39 is 0 Å². The Morgan fingerprint density at radius 3 is 2.87 bits per heavy atom. The molecule has 1 fully saturated rings. The lowest BCUT2D eigenvalue weighted by Crippen LogP contribution is -2.16. The number of rotatable bonds is 5. The molecule has 0 spiro atoms. The molecule has 0 N–H and O–H groups in total. The highest BCUT2D eigenvalue weighted by atomic mass is 79.9. The third-order valence-corrected chi connectivity index (χ3v) is 2.93. The van der Waals surface area contributed by atoms with Gasteiger partial charge >= 0.3 is 0 Å². The Balaban J connectivity index is 1.89. The van der Waals surface area contributed by atoms with Crippen molar-refractivity contribution >= 4 is 15.9 Å². The van der Waals surface area contributed by atoms with Crippen molar-refractivity contribution in [2.45, 2.75) is 25.4 Å². The summed E-state index contributed by atoms with van der Waals surface area (Å²) in [4.78, 5) is 0. The van der Waals surface area contributed by atoms with Gasteiger partial charge < -0.3 is 4.74 Å². The molecule has 1 atom stereocenters. The highest BCUT2D eigenvalue weighted by Crippen LogP contribution is 2.33. The number of nitrogens with zero attached hydrogens (tertiary/aromatic N) is 2. The summed E-state index contributed by atoms with van der Waals surface area (Å²) in [5.41, 5.74) is 0.974. The van der Waals surface area contributed by atoms with Crippen LogP contribution >= 0.6 is 15.9 Å². The Kier molecular flexibility index (Phi) is 3.70. The lowest BCUT2D eigenvalue weighted by Gasteiger charge is -2.13. The number of aromatic nitrogens is 2. The fourth-order valence-corrected chi connectivity index (χ4v) is 1.69. The van der Waals surface area contributed by atoms with Crippen LogP contribution in [0.5, 0.6) is 0 Å². The van der Waals surface area contributed by atoms with Crippen molar-refractivity contribution in [3.8, 4) is 0 Å². The van der Waals surface area contributed by atoms with Crippen LogP contribution in [0.25, 0.3) is 0 Å². The standard InChI is InChI=1S/C11H14BrN2O/c1-15-10(6-8-2-3-8)7-9-4-5-11(12)14-13-9/h4-6,8,10H,2-3,7H2,1H3/t10-/m0/s1. The zero-order chi connectivity index (χ0) is 10.7. The molecule has 15 heavy (non-hydrogen) atoms. The molecule has 1 aromatic heterocycles. The Labute approximate surface area is 98.4 Å². The van der Waals surface area contributed by atoms with E-state index in [1.54, 1.807) is 7.11 Å². The maximum Gasteiger partial charge on any atom is 0.128 e. The van der Waals surface area contributed by atoms with Crippen molar-refractivity contribution in [1.29, 1.82) is 0 Å². The molecule has 1 heterocycles. The van der Waals surface area contributed by atoms with Gasteiger partial charge in [0.15, 0.2) is 0 Å². The van der Waals surface area contributed by atoms with Crippen LogP contribution in [-0.4, -0.2) is 23.4 Å². The van der Waals surface area contributed by atoms with Gasteiger partial charge in [0, 0.05) is 13.5 Å². The Morgan fingerprint density at radius 2 is 2.33 bits per heavy atom. The molecule has 81 valence electrons. The number of halogens is 1. The first kappa shape index (κ1) is 11.0. The molecule has 1 radical (unpaired) electrons. The molecule has 1 aliphatic carbocycles. The molecular formula is C11H14BrN2O. The fourth-order valence-electron chi connectivity index (χ4n) is 1.48. The van der Waals surface area contributed by atoms with Crippen molar-refractivity contribution < 1.29 is 4.74 Å². The van der Waals surface area contributed by atoms with Crippen molar-refractivity contribution in [1.82, 2.24) is 10.2 Å². The van der Waals surface area contributed by atoms with Crippen molar-refractivity contribution in [3.63, 3.8) is 0 Å². The first-order valence-electron chi connectivity index (χ1n) is 5.14. The lowest BCUT2D eigenvalue weighted by molar-refractivity contribution is 0.123. The van der Waals surface area contributed by atoms with Crippen LogP contribution in [0.3, 0.4) is 0 Å². The number of ether oxygens (including phenoxy) is 1. The van der Waals surface area contributed by atoms with Gasteiger partial charge in [-0.05, 0) is 53.2 Å². The molecule has 3 nitrogen and oxygen atoms in total. The Bertz CT molecular complexity index is 311. The minimum atomic E-state index is 0.174. The van der Waals surface area contributed by atoms with Crippen molar-refractivity contribution in [2.75, 3.05) is 7.11 Å². The largest absolute Gasteiger partial charge is 0.381 e. The summed E-state index contributed by atoms with van der Waals surface area (Å²) >= 11 is 3.27. The van der Waals surface area contributed by atoms with E-state index >= 15 is 0 Å². The van der Waals surface area contributed by atoms with Gasteiger partial charge in [-0.3, -0.25) is 0 Å². The van der Waals surface area contributed by atoms with Crippen molar-refractivity contribution in [2.24, 2.45) is 5.92 Å². The molecular weight excluding hydrogens is 256 g/mol. The third kappa shape index (κ3) is 3.54. The van der Waals surface area contributed by atoms with E-state index in [0.29, 0.717) is 0 Å². The van der Waals surface area contributed by atoms with Crippen LogP contribution in [0.2, 0.25) is 0 Å². The Hall–Kier alpha value is -0.480. The first-order valence-corrected chi connectivity index (χ1v) is 5.93. The normalized spacial score (nSPS) is 17.7. The van der Waals surface area contributed by atoms with Gasteiger partial charge in [-0.25, -0.2) is 0 Å². The summed E-state index contributed by atoms with van der Waals surface area (Å²) in [6, 6.07) is 3.88. The second-order valence-electron chi connectivity index (χ2n) is 3.86. The molecule has 0 saturated heterocycles. The van der Waals surface area contributed by atoms with E-state index in [2.05, 4.69) is 32.5 Å². The summed E-state index contributed by atoms with van der Waals surface area (Å²) in [6.07, 6.45) is 5.89. The van der Waals surface area contributed by atoms with E-state index in [4.69, 9.17) is 4.74 Å². The predicted molar refractivity (Wildman–Crippen MR) is 61.3 cm³/mol. The molecule has 0 aliphatic heterocycles. The number of hydrogen-bond acceptors (Lipinski definition) is 3. The average Bonchev–Trinajstić information content (AvgIpc) is 3.04. The quantitative estimate of drug-likeness (QED) is 0.824. The molecule has 1 aromatic rings. The maximum atomic E-state index is 5.40. The van der Waals surface area contributed by atoms with Crippen LogP contribution in [0.1, 0.15) is 18.5 Å². The van der Waals surface area contributed by atoms with E-state index in [-0.39, 0.29) is 6.10 Å². The molecule has 0 amide bonds. The maximum absolute atomic E-state index is 5.40. The molecule has 4 heteroatoms. The van der Waals surface area contributed by atoms with Crippen LogP contribution in [0.4, 0.5) is 0 Å². The zero-order valence-electron chi connectivity index (χ0n) is 8.69. The molecule has 1 aliphatic rings. The van der Waals surface area contributed by atoms with Gasteiger partial charge in [0.1, 0.15) is 4.60 Å². The number of methoxy groups -OCH3 is 1. The molecule has 1 saturated carbocycles. The Morgan fingerprint density at radius 1 is 1.53 bits per heavy atom. The van der Waals surface area contributed by atoms with Gasteiger partial charge in [0.25, 0.3) is 0 Å². The molecule has 0 unspecified atom stereocenters. The second kappa shape index (κ2) is 5.03. The van der Waals surface area contributed by atoms with Gasteiger partial charge in [0.05, 0.1) is 11.8 Å². The summed E-state index contributed by atoms with van der Waals surface area (Å²) in [6.45, 7) is 0. The zero-order valence-corrected chi connectivity index (χ0v) is 10.3. The van der Waals surface area contributed by atoms with Gasteiger partial charge in [-0.2, -0.15) is 5.10 Å². The van der Waals surface area contributed by atoms with E-state index in [1.807, 2.05) is 12.1 Å². The van der Waals surface area contributed by atoms with Crippen LogP contribution in [-0.2, 0) is 11.2 Å². The van der Waals surface area contributed by atoms with Gasteiger partial charge in [-0.15, -0.1) is 5.10 Å². The molecule has 0 aromatic carbocycles. The highest BCUT2D eigenvalue weighted by Gasteiger charge is 2.26. The minimum Gasteiger partial charge on any atom is -0.381 e. The summed E-state index contributed by atoms with van der Waals surface area (Å²) in [5, 5.41) is 8.06. The third-order valence-electron chi connectivity index (χ3n) is 2.51. The second-order valence-corrected chi connectivity index (χ2v) is 4.67. The van der Waals surface area contributed by atoms with Gasteiger partial charge in [0.2, 0.25) is 0 Å². The van der Waals surface area contributed by atoms with Crippen molar-refractivity contribution in [3.05, 3.63) is 28.9 Å². The van der Waals surface area contributed by atoms with Crippen LogP contribution in [0.15, 0.2) is 16.7 Å². The van der Waals surface area contributed by atoms with E-state index in [0.717, 1.165) is 22.6 Å². The van der Waals surface area contributed by atoms with E-state index in [9.17, 15) is 0 Å². The predicted octanol–water partition coefficient (Wildman–Crippen LogP) is 2.41. The van der Waals surface area contributed by atoms with Gasteiger partial charge in [-0.1, -0.05) is 0 Å². The van der Waals surface area contributed by atoms with Crippen LogP contribution in [0, 0.1) is 12.3 Å². The van der Waals surface area contributed by atoms with E-state index in [1.165, 1.54) is 12.8 Å². The molecule has 2 rings (SSSR count). The first-order chi connectivity index (χ1) is 7.28. The average molecular weight is 270 g/mol. The monoisotopic (exact) mass is 269 g/mol. The minimum absolute atomic E-state index is 0.174.